The van der Waals surface area contributed by atoms with E-state index in [-0.39, 0.29) is 11.6 Å². The van der Waals surface area contributed by atoms with Gasteiger partial charge in [0.1, 0.15) is 0 Å². The van der Waals surface area contributed by atoms with Gasteiger partial charge in [0.05, 0.1) is 6.20 Å². The van der Waals surface area contributed by atoms with Crippen LogP contribution in [0.2, 0.25) is 0 Å². The molecule has 0 aliphatic rings. The van der Waals surface area contributed by atoms with Crippen molar-refractivity contribution >= 4 is 0 Å². The van der Waals surface area contributed by atoms with Crippen molar-refractivity contribution in [1.29, 1.82) is 0 Å². The van der Waals surface area contributed by atoms with Crippen LogP contribution in [-0.4, -0.2) is 19.7 Å². The second kappa shape index (κ2) is 5.25. The van der Waals surface area contributed by atoms with Crippen LogP contribution in [0, 0.1) is 6.92 Å². The summed E-state index contributed by atoms with van der Waals surface area (Å²) < 4.78 is 40.5. The molecule has 7 heteroatoms. The third kappa shape index (κ3) is 2.83. The quantitative estimate of drug-likeness (QED) is 0.725. The zero-order valence-electron chi connectivity index (χ0n) is 11.5. The minimum absolute atomic E-state index is 0.0126. The second-order valence-corrected chi connectivity index (χ2v) is 4.76. The summed E-state index contributed by atoms with van der Waals surface area (Å²) in [5, 5.41) is 4.00. The van der Waals surface area contributed by atoms with Gasteiger partial charge in [-0.05, 0) is 12.5 Å². The summed E-state index contributed by atoms with van der Waals surface area (Å²) >= 11 is 0. The maximum Gasteiger partial charge on any atom is 0.433 e. The van der Waals surface area contributed by atoms with Crippen LogP contribution in [-0.2, 0) is 6.18 Å². The maximum absolute atomic E-state index is 13.1. The zero-order chi connectivity index (χ0) is 15.7. The Hall–Kier alpha value is -2.70. The van der Waals surface area contributed by atoms with Crippen molar-refractivity contribution in [3.8, 4) is 17.2 Å². The highest BCUT2D eigenvalue weighted by Gasteiger charge is 2.34. The Morgan fingerprint density at radius 2 is 1.77 bits per heavy atom. The summed E-state index contributed by atoms with van der Waals surface area (Å²) in [7, 11) is 0. The van der Waals surface area contributed by atoms with Gasteiger partial charge in [-0.1, -0.05) is 30.3 Å². The summed E-state index contributed by atoms with van der Waals surface area (Å²) in [5.41, 5.74) is 0.344. The number of hydrogen-bond acceptors (Lipinski definition) is 3. The van der Waals surface area contributed by atoms with E-state index < -0.39 is 11.9 Å². The number of aryl methyl sites for hydroxylation is 1. The minimum atomic E-state index is -4.55. The Bertz CT molecular complexity index is 794. The fourth-order valence-corrected chi connectivity index (χ4v) is 1.95. The number of alkyl halides is 3. The molecular formula is C15H11F3N4. The van der Waals surface area contributed by atoms with Crippen LogP contribution >= 0.6 is 0 Å². The highest BCUT2D eigenvalue weighted by atomic mass is 19.4. The van der Waals surface area contributed by atoms with Crippen molar-refractivity contribution in [2.45, 2.75) is 13.1 Å². The number of nitrogens with zero attached hydrogens (tertiary/aromatic N) is 4. The molecule has 0 fully saturated rings. The largest absolute Gasteiger partial charge is 0.433 e. The molecule has 0 saturated carbocycles. The van der Waals surface area contributed by atoms with Crippen LogP contribution in [0.3, 0.4) is 0 Å². The molecule has 0 bridgehead atoms. The molecule has 2 aromatic heterocycles. The number of benzene rings is 1. The van der Waals surface area contributed by atoms with E-state index >= 15 is 0 Å². The smallest absolute Gasteiger partial charge is 0.223 e. The Kier molecular flexibility index (Phi) is 3.40. The van der Waals surface area contributed by atoms with E-state index in [1.54, 1.807) is 49.6 Å². The van der Waals surface area contributed by atoms with Crippen molar-refractivity contribution < 1.29 is 13.2 Å². The third-order valence-corrected chi connectivity index (χ3v) is 2.98. The van der Waals surface area contributed by atoms with Crippen LogP contribution in [0.25, 0.3) is 17.2 Å². The molecule has 0 saturated heterocycles. The van der Waals surface area contributed by atoms with Crippen LogP contribution < -0.4 is 0 Å². The fraction of sp³-hybridized carbons (Fsp3) is 0.133. The van der Waals surface area contributed by atoms with Crippen LogP contribution in [0.1, 0.15) is 11.3 Å². The average molecular weight is 304 g/mol. The lowest BCUT2D eigenvalue weighted by Gasteiger charge is -2.10. The summed E-state index contributed by atoms with van der Waals surface area (Å²) in [4.78, 5) is 7.82. The third-order valence-electron chi connectivity index (χ3n) is 2.98. The number of aromatic nitrogens is 4. The minimum Gasteiger partial charge on any atom is -0.223 e. The van der Waals surface area contributed by atoms with E-state index in [1.807, 2.05) is 0 Å². The normalized spacial score (nSPS) is 11.6. The van der Waals surface area contributed by atoms with Gasteiger partial charge in [0.2, 0.25) is 0 Å². The maximum atomic E-state index is 13.1. The predicted octanol–water partition coefficient (Wildman–Crippen LogP) is 3.66. The van der Waals surface area contributed by atoms with Crippen molar-refractivity contribution in [2.24, 2.45) is 0 Å². The lowest BCUT2D eigenvalue weighted by molar-refractivity contribution is -0.141. The van der Waals surface area contributed by atoms with E-state index in [4.69, 9.17) is 0 Å². The summed E-state index contributed by atoms with van der Waals surface area (Å²) in [6, 6.07) is 9.42. The van der Waals surface area contributed by atoms with E-state index in [2.05, 4.69) is 15.1 Å². The van der Waals surface area contributed by atoms with Gasteiger partial charge in [-0.3, -0.25) is 0 Å². The van der Waals surface area contributed by atoms with Crippen molar-refractivity contribution in [2.75, 3.05) is 0 Å². The van der Waals surface area contributed by atoms with Crippen molar-refractivity contribution in [1.82, 2.24) is 19.7 Å². The molecule has 0 amide bonds. The van der Waals surface area contributed by atoms with Gasteiger partial charge in [0.15, 0.2) is 17.3 Å². The first-order valence-electron chi connectivity index (χ1n) is 6.47. The monoisotopic (exact) mass is 304 g/mol. The van der Waals surface area contributed by atoms with E-state index in [0.717, 1.165) is 11.6 Å². The lowest BCUT2D eigenvalue weighted by Crippen LogP contribution is -2.12. The molecule has 0 radical (unpaired) electrons. The first-order chi connectivity index (χ1) is 10.4. The summed E-state index contributed by atoms with van der Waals surface area (Å²) in [5.74, 6) is 0.0906. The highest BCUT2D eigenvalue weighted by molar-refractivity contribution is 5.56. The molecule has 4 nitrogen and oxygen atoms in total. The SMILES string of the molecule is Cc1cnn(-c2cc(C(F)(F)F)nc(-c3ccccc3)n2)c1. The molecule has 0 aliphatic carbocycles. The van der Waals surface area contributed by atoms with Gasteiger partial charge in [0, 0.05) is 17.8 Å². The van der Waals surface area contributed by atoms with Crippen molar-refractivity contribution in [3.05, 3.63) is 60.0 Å². The Morgan fingerprint density at radius 3 is 2.36 bits per heavy atom. The predicted molar refractivity (Wildman–Crippen MR) is 74.3 cm³/mol. The van der Waals surface area contributed by atoms with Gasteiger partial charge < -0.3 is 0 Å². The van der Waals surface area contributed by atoms with Gasteiger partial charge in [-0.2, -0.15) is 18.3 Å². The van der Waals surface area contributed by atoms with Crippen LogP contribution in [0.15, 0.2) is 48.8 Å². The Morgan fingerprint density at radius 1 is 1.05 bits per heavy atom. The molecule has 3 aromatic rings. The molecule has 22 heavy (non-hydrogen) atoms. The standard InChI is InChI=1S/C15H11F3N4/c1-10-8-19-22(9-10)13-7-12(15(16,17)18)20-14(21-13)11-5-3-2-4-6-11/h2-9H,1H3. The summed E-state index contributed by atoms with van der Waals surface area (Å²) in [6.45, 7) is 1.80. The second-order valence-electron chi connectivity index (χ2n) is 4.76. The van der Waals surface area contributed by atoms with E-state index in [1.165, 1.54) is 4.68 Å². The van der Waals surface area contributed by atoms with Gasteiger partial charge in [0.25, 0.3) is 0 Å². The lowest BCUT2D eigenvalue weighted by atomic mass is 10.2. The Labute approximate surface area is 124 Å². The van der Waals surface area contributed by atoms with Crippen LogP contribution in [0.5, 0.6) is 0 Å². The first-order valence-corrected chi connectivity index (χ1v) is 6.47. The average Bonchev–Trinajstić information content (AvgIpc) is 2.93. The van der Waals surface area contributed by atoms with Crippen molar-refractivity contribution in [3.63, 3.8) is 0 Å². The molecule has 0 aliphatic heterocycles. The number of halogens is 3. The molecule has 3 rings (SSSR count). The van der Waals surface area contributed by atoms with E-state index in [0.29, 0.717) is 5.56 Å². The molecule has 0 N–H and O–H groups in total. The van der Waals surface area contributed by atoms with Gasteiger partial charge >= 0.3 is 6.18 Å². The molecular weight excluding hydrogens is 293 g/mol. The Balaban J connectivity index is 2.19. The number of rotatable bonds is 2. The van der Waals surface area contributed by atoms with E-state index in [9.17, 15) is 13.2 Å². The van der Waals surface area contributed by atoms with Gasteiger partial charge in [-0.25, -0.2) is 14.6 Å². The fourth-order valence-electron chi connectivity index (χ4n) is 1.95. The highest BCUT2D eigenvalue weighted by Crippen LogP contribution is 2.30. The van der Waals surface area contributed by atoms with Gasteiger partial charge in [-0.15, -0.1) is 0 Å². The molecule has 0 atom stereocenters. The summed E-state index contributed by atoms with van der Waals surface area (Å²) in [6.07, 6.45) is -1.39. The molecule has 0 unspecified atom stereocenters. The number of hydrogen-bond donors (Lipinski definition) is 0. The topological polar surface area (TPSA) is 43.6 Å². The molecule has 2 heterocycles. The molecule has 112 valence electrons. The molecule has 1 aromatic carbocycles. The zero-order valence-corrected chi connectivity index (χ0v) is 11.5. The first kappa shape index (κ1) is 14.2. The van der Waals surface area contributed by atoms with Crippen LogP contribution in [0.4, 0.5) is 13.2 Å². The molecule has 0 spiro atoms.